The number of halogens is 3. The molecule has 0 saturated carbocycles. The molecule has 0 fully saturated rings. The molecule has 1 aliphatic heterocycles. The zero-order valence-corrected chi connectivity index (χ0v) is 8.37. The van der Waals surface area contributed by atoms with E-state index in [2.05, 4.69) is 0 Å². The van der Waals surface area contributed by atoms with Crippen LogP contribution in [0.2, 0.25) is 0 Å². The topological polar surface area (TPSA) is 20.3 Å². The number of allylic oxidation sites excluding steroid dienone is 2. The van der Waals surface area contributed by atoms with Crippen LogP contribution in [0, 0.1) is 0 Å². The molecule has 6 heteroatoms. The van der Waals surface area contributed by atoms with E-state index in [1.807, 2.05) is 0 Å². The van der Waals surface area contributed by atoms with E-state index in [9.17, 15) is 18.0 Å². The van der Waals surface area contributed by atoms with Crippen LogP contribution >= 0.6 is 11.8 Å². The van der Waals surface area contributed by atoms with Crippen LogP contribution in [-0.4, -0.2) is 23.9 Å². The first-order chi connectivity index (χ1) is 6.30. The number of ketones is 1. The van der Waals surface area contributed by atoms with Gasteiger partial charge in [0.15, 0.2) is 0 Å². The van der Waals surface area contributed by atoms with Gasteiger partial charge in [-0.15, -0.1) is 0 Å². The number of alkyl halides is 3. The first-order valence-corrected chi connectivity index (χ1v) is 4.54. The maximum atomic E-state index is 11.9. The minimum absolute atomic E-state index is 0.296. The average molecular weight is 223 g/mol. The lowest BCUT2D eigenvalue weighted by molar-refractivity contribution is -0.165. The zero-order valence-electron chi connectivity index (χ0n) is 7.55. The van der Waals surface area contributed by atoms with Gasteiger partial charge in [0.1, 0.15) is 0 Å². The highest BCUT2D eigenvalue weighted by atomic mass is 32.2. The standard InChI is InChI=1S/C8H8F3NOS/c1-5-4-12(2)7(14-5)3-6(13)8(9,10)11/h3-4H,1-2H3/b7-3+. The van der Waals surface area contributed by atoms with Gasteiger partial charge in [0, 0.05) is 24.2 Å². The highest BCUT2D eigenvalue weighted by molar-refractivity contribution is 8.06. The van der Waals surface area contributed by atoms with Crippen LogP contribution in [0.4, 0.5) is 13.2 Å². The van der Waals surface area contributed by atoms with Crippen LogP contribution in [0.1, 0.15) is 6.92 Å². The van der Waals surface area contributed by atoms with Crippen molar-refractivity contribution in [1.29, 1.82) is 0 Å². The number of hydrogen-bond acceptors (Lipinski definition) is 3. The SMILES string of the molecule is CC1=CN(C)/C(=C\C(=O)C(F)(F)F)S1. The molecule has 78 valence electrons. The Morgan fingerprint density at radius 1 is 1.57 bits per heavy atom. The van der Waals surface area contributed by atoms with Crippen molar-refractivity contribution in [2.45, 2.75) is 13.1 Å². The maximum absolute atomic E-state index is 11.9. The third-order valence-electron chi connectivity index (χ3n) is 1.52. The highest BCUT2D eigenvalue weighted by Crippen LogP contribution is 2.35. The summed E-state index contributed by atoms with van der Waals surface area (Å²) in [6, 6.07) is 0. The number of carbonyl (C=O) groups excluding carboxylic acids is 1. The fourth-order valence-corrected chi connectivity index (χ4v) is 1.83. The number of rotatable bonds is 1. The Hall–Kier alpha value is -0.910. The van der Waals surface area contributed by atoms with Crippen LogP contribution in [-0.2, 0) is 4.79 Å². The molecule has 0 N–H and O–H groups in total. The number of thioether (sulfide) groups is 1. The van der Waals surface area contributed by atoms with E-state index in [-0.39, 0.29) is 0 Å². The van der Waals surface area contributed by atoms with Crippen molar-refractivity contribution < 1.29 is 18.0 Å². The van der Waals surface area contributed by atoms with Gasteiger partial charge in [0.2, 0.25) is 0 Å². The smallest absolute Gasteiger partial charge is 0.345 e. The summed E-state index contributed by atoms with van der Waals surface area (Å²) < 4.78 is 35.7. The molecule has 0 bridgehead atoms. The van der Waals surface area contributed by atoms with Crippen molar-refractivity contribution in [3.63, 3.8) is 0 Å². The average Bonchev–Trinajstić information content (AvgIpc) is 2.28. The Morgan fingerprint density at radius 2 is 2.14 bits per heavy atom. The minimum atomic E-state index is -4.79. The van der Waals surface area contributed by atoms with Crippen molar-refractivity contribution in [2.75, 3.05) is 7.05 Å². The summed E-state index contributed by atoms with van der Waals surface area (Å²) in [7, 11) is 1.60. The van der Waals surface area contributed by atoms with Gasteiger partial charge >= 0.3 is 6.18 Å². The van der Waals surface area contributed by atoms with E-state index in [1.165, 1.54) is 4.90 Å². The number of nitrogens with zero attached hydrogens (tertiary/aromatic N) is 1. The molecule has 0 aromatic heterocycles. The van der Waals surface area contributed by atoms with Gasteiger partial charge in [-0.2, -0.15) is 13.2 Å². The lowest BCUT2D eigenvalue weighted by Gasteiger charge is -2.09. The quantitative estimate of drug-likeness (QED) is 0.637. The molecular formula is C8H8F3NOS. The summed E-state index contributed by atoms with van der Waals surface area (Å²) in [5, 5.41) is 0.296. The van der Waals surface area contributed by atoms with E-state index < -0.39 is 12.0 Å². The molecule has 1 rings (SSSR count). The largest absolute Gasteiger partial charge is 0.454 e. The van der Waals surface area contributed by atoms with Gasteiger partial charge in [0.05, 0.1) is 5.03 Å². The Labute approximate surface area is 83.4 Å². The van der Waals surface area contributed by atoms with Gasteiger partial charge in [0.25, 0.3) is 5.78 Å². The lowest BCUT2D eigenvalue weighted by Crippen LogP contribution is -2.21. The van der Waals surface area contributed by atoms with Crippen molar-refractivity contribution in [2.24, 2.45) is 0 Å². The summed E-state index contributed by atoms with van der Waals surface area (Å²) in [4.78, 5) is 13.0. The van der Waals surface area contributed by atoms with E-state index in [1.54, 1.807) is 20.2 Å². The summed E-state index contributed by atoms with van der Waals surface area (Å²) >= 11 is 1.15. The predicted molar refractivity (Wildman–Crippen MR) is 48.3 cm³/mol. The maximum Gasteiger partial charge on any atom is 0.454 e. The Balaban J connectivity index is 2.78. The van der Waals surface area contributed by atoms with E-state index in [0.717, 1.165) is 16.7 Å². The van der Waals surface area contributed by atoms with E-state index in [0.29, 0.717) is 11.1 Å². The van der Waals surface area contributed by atoms with Crippen LogP contribution in [0.3, 0.4) is 0 Å². The van der Waals surface area contributed by atoms with Crippen molar-refractivity contribution >= 4 is 17.5 Å². The van der Waals surface area contributed by atoms with Crippen molar-refractivity contribution in [3.8, 4) is 0 Å². The Kier molecular flexibility index (Phi) is 2.94. The molecule has 0 saturated heterocycles. The lowest BCUT2D eigenvalue weighted by atomic mass is 10.4. The highest BCUT2D eigenvalue weighted by Gasteiger charge is 2.37. The van der Waals surface area contributed by atoms with Crippen molar-refractivity contribution in [3.05, 3.63) is 22.2 Å². The molecular weight excluding hydrogens is 215 g/mol. The van der Waals surface area contributed by atoms with Gasteiger partial charge < -0.3 is 4.90 Å². The second-order valence-corrected chi connectivity index (χ2v) is 4.06. The monoisotopic (exact) mass is 223 g/mol. The van der Waals surface area contributed by atoms with Crippen LogP contribution in [0.5, 0.6) is 0 Å². The molecule has 0 unspecified atom stereocenters. The molecule has 2 nitrogen and oxygen atoms in total. The minimum Gasteiger partial charge on any atom is -0.345 e. The number of carbonyl (C=O) groups is 1. The molecule has 1 aliphatic rings. The predicted octanol–water partition coefficient (Wildman–Crippen LogP) is 2.50. The molecule has 0 spiro atoms. The first-order valence-electron chi connectivity index (χ1n) is 3.72. The second-order valence-electron chi connectivity index (χ2n) is 2.80. The zero-order chi connectivity index (χ0) is 10.9. The van der Waals surface area contributed by atoms with Gasteiger partial charge in [-0.3, -0.25) is 4.79 Å². The summed E-state index contributed by atoms with van der Waals surface area (Å²) in [6.07, 6.45) is -2.51. The fourth-order valence-electron chi connectivity index (χ4n) is 0.925. The molecule has 0 aromatic carbocycles. The molecule has 0 aromatic rings. The number of hydrogen-bond donors (Lipinski definition) is 0. The summed E-state index contributed by atoms with van der Waals surface area (Å²) in [6.45, 7) is 1.76. The first kappa shape index (κ1) is 11.2. The third kappa shape index (κ3) is 2.54. The van der Waals surface area contributed by atoms with Gasteiger partial charge in [-0.1, -0.05) is 11.8 Å². The normalized spacial score (nSPS) is 20.2. The fraction of sp³-hybridized carbons (Fsp3) is 0.375. The molecule has 0 atom stereocenters. The molecule has 0 radical (unpaired) electrons. The van der Waals surface area contributed by atoms with E-state index in [4.69, 9.17) is 0 Å². The van der Waals surface area contributed by atoms with Gasteiger partial charge in [-0.25, -0.2) is 0 Å². The molecule has 14 heavy (non-hydrogen) atoms. The van der Waals surface area contributed by atoms with Crippen molar-refractivity contribution in [1.82, 2.24) is 4.90 Å². The molecule has 0 aliphatic carbocycles. The van der Waals surface area contributed by atoms with Crippen LogP contribution < -0.4 is 0 Å². The molecule has 0 amide bonds. The second kappa shape index (κ2) is 3.68. The van der Waals surface area contributed by atoms with Crippen LogP contribution in [0.25, 0.3) is 0 Å². The molecule has 1 heterocycles. The Bertz CT molecular complexity index is 319. The Morgan fingerprint density at radius 3 is 2.50 bits per heavy atom. The van der Waals surface area contributed by atoms with Gasteiger partial charge in [-0.05, 0) is 6.92 Å². The van der Waals surface area contributed by atoms with E-state index >= 15 is 0 Å². The third-order valence-corrected chi connectivity index (χ3v) is 2.56. The summed E-state index contributed by atoms with van der Waals surface area (Å²) in [5.74, 6) is -1.82. The van der Waals surface area contributed by atoms with Crippen LogP contribution in [0.15, 0.2) is 22.2 Å². The summed E-state index contributed by atoms with van der Waals surface area (Å²) in [5.41, 5.74) is 0.